The van der Waals surface area contributed by atoms with Crippen LogP contribution in [0.4, 0.5) is 0 Å². The fourth-order valence-corrected chi connectivity index (χ4v) is 2.53. The number of imidazole rings is 1. The van der Waals surface area contributed by atoms with Crippen LogP contribution in [0.25, 0.3) is 5.65 Å². The predicted octanol–water partition coefficient (Wildman–Crippen LogP) is 0.874. The van der Waals surface area contributed by atoms with Crippen LogP contribution in [0.2, 0.25) is 0 Å². The van der Waals surface area contributed by atoms with Gasteiger partial charge in [-0.25, -0.2) is 4.98 Å². The molecule has 1 atom stereocenters. The highest BCUT2D eigenvalue weighted by Crippen LogP contribution is 2.23. The summed E-state index contributed by atoms with van der Waals surface area (Å²) in [6.07, 6.45) is 5.59. The molecule has 1 unspecified atom stereocenters. The van der Waals surface area contributed by atoms with E-state index in [4.69, 9.17) is 4.74 Å². The lowest BCUT2D eigenvalue weighted by Gasteiger charge is -2.34. The number of aromatic nitrogens is 2. The summed E-state index contributed by atoms with van der Waals surface area (Å²) in [7, 11) is 0. The van der Waals surface area contributed by atoms with Crippen molar-refractivity contribution in [3.05, 3.63) is 36.3 Å². The minimum Gasteiger partial charge on any atom is -0.384 e. The average molecular weight is 261 g/mol. The number of rotatable bonds is 3. The van der Waals surface area contributed by atoms with Gasteiger partial charge in [-0.15, -0.1) is 0 Å². The zero-order valence-corrected chi connectivity index (χ0v) is 11.1. The fraction of sp³-hybridized carbons (Fsp3) is 0.500. The van der Waals surface area contributed by atoms with Gasteiger partial charge in [0.25, 0.3) is 0 Å². The summed E-state index contributed by atoms with van der Waals surface area (Å²) >= 11 is 0. The first-order valence-corrected chi connectivity index (χ1v) is 6.61. The fourth-order valence-electron chi connectivity index (χ4n) is 2.53. The molecular formula is C14H19N3O2. The molecule has 0 bridgehead atoms. The van der Waals surface area contributed by atoms with Crippen molar-refractivity contribution in [2.45, 2.75) is 12.5 Å². The van der Waals surface area contributed by atoms with Crippen LogP contribution in [0.3, 0.4) is 0 Å². The van der Waals surface area contributed by atoms with Gasteiger partial charge in [0.15, 0.2) is 0 Å². The minimum absolute atomic E-state index is 0.618. The molecule has 19 heavy (non-hydrogen) atoms. The summed E-state index contributed by atoms with van der Waals surface area (Å²) in [5, 5.41) is 10.7. The topological polar surface area (TPSA) is 50.0 Å². The van der Waals surface area contributed by atoms with Crippen LogP contribution in [0.1, 0.15) is 12.5 Å². The van der Waals surface area contributed by atoms with Crippen LogP contribution in [0, 0.1) is 0 Å². The van der Waals surface area contributed by atoms with Gasteiger partial charge in [-0.3, -0.25) is 4.90 Å². The molecule has 0 aromatic carbocycles. The molecular weight excluding hydrogens is 242 g/mol. The van der Waals surface area contributed by atoms with E-state index in [1.54, 1.807) is 6.20 Å². The number of morpholine rings is 1. The molecule has 3 rings (SSSR count). The van der Waals surface area contributed by atoms with E-state index in [2.05, 4.69) is 9.88 Å². The highest BCUT2D eigenvalue weighted by atomic mass is 16.5. The van der Waals surface area contributed by atoms with Crippen LogP contribution >= 0.6 is 0 Å². The zero-order valence-electron chi connectivity index (χ0n) is 11.1. The molecule has 1 aliphatic heterocycles. The van der Waals surface area contributed by atoms with Crippen molar-refractivity contribution in [3.63, 3.8) is 0 Å². The highest BCUT2D eigenvalue weighted by Gasteiger charge is 2.27. The van der Waals surface area contributed by atoms with E-state index < -0.39 is 5.60 Å². The quantitative estimate of drug-likeness (QED) is 0.891. The second-order valence-electron chi connectivity index (χ2n) is 5.27. The number of aliphatic hydroxyl groups is 1. The molecule has 0 spiro atoms. The maximum absolute atomic E-state index is 10.7. The zero-order chi connectivity index (χ0) is 13.3. The number of β-amino-alcohol motifs (C(OH)–C–C–N with tert-alkyl or cyclic N) is 1. The molecule has 1 fully saturated rings. The van der Waals surface area contributed by atoms with Gasteiger partial charge in [0.2, 0.25) is 0 Å². The Morgan fingerprint density at radius 2 is 2.16 bits per heavy atom. The third-order valence-electron chi connectivity index (χ3n) is 3.66. The first kappa shape index (κ1) is 12.6. The van der Waals surface area contributed by atoms with Crippen LogP contribution in [-0.4, -0.2) is 52.2 Å². The molecule has 5 nitrogen and oxygen atoms in total. The molecule has 0 amide bonds. The first-order chi connectivity index (χ1) is 9.15. The molecule has 0 aliphatic carbocycles. The van der Waals surface area contributed by atoms with Gasteiger partial charge in [0, 0.05) is 38.2 Å². The van der Waals surface area contributed by atoms with Crippen molar-refractivity contribution in [2.24, 2.45) is 0 Å². The third kappa shape index (κ3) is 2.63. The smallest absolute Gasteiger partial charge is 0.137 e. The summed E-state index contributed by atoms with van der Waals surface area (Å²) in [4.78, 5) is 6.49. The van der Waals surface area contributed by atoms with Gasteiger partial charge >= 0.3 is 0 Å². The number of hydrogen-bond acceptors (Lipinski definition) is 4. The normalized spacial score (nSPS) is 20.5. The molecule has 2 aromatic rings. The summed E-state index contributed by atoms with van der Waals surface area (Å²) in [5.41, 5.74) is 0.892. The van der Waals surface area contributed by atoms with E-state index in [1.165, 1.54) is 0 Å². The average Bonchev–Trinajstić information content (AvgIpc) is 2.86. The van der Waals surface area contributed by atoms with E-state index in [9.17, 15) is 5.11 Å². The van der Waals surface area contributed by atoms with Crippen molar-refractivity contribution in [2.75, 3.05) is 32.8 Å². The third-order valence-corrected chi connectivity index (χ3v) is 3.66. The van der Waals surface area contributed by atoms with Crippen LogP contribution in [-0.2, 0) is 10.3 Å². The Balaban J connectivity index is 1.81. The molecule has 102 valence electrons. The minimum atomic E-state index is -0.870. The predicted molar refractivity (Wildman–Crippen MR) is 72.0 cm³/mol. The van der Waals surface area contributed by atoms with E-state index in [-0.39, 0.29) is 0 Å². The number of pyridine rings is 1. The van der Waals surface area contributed by atoms with E-state index in [0.717, 1.165) is 37.5 Å². The Kier molecular flexibility index (Phi) is 3.26. The number of nitrogens with zero attached hydrogens (tertiary/aromatic N) is 3. The molecule has 0 saturated carbocycles. The van der Waals surface area contributed by atoms with E-state index in [0.29, 0.717) is 6.54 Å². The summed E-state index contributed by atoms with van der Waals surface area (Å²) in [5.74, 6) is 0. The highest BCUT2D eigenvalue weighted by molar-refractivity contribution is 5.43. The number of fused-ring (bicyclic) bond motifs is 1. The second-order valence-corrected chi connectivity index (χ2v) is 5.27. The van der Waals surface area contributed by atoms with Crippen molar-refractivity contribution in [1.29, 1.82) is 0 Å². The van der Waals surface area contributed by atoms with Crippen LogP contribution in [0.5, 0.6) is 0 Å². The van der Waals surface area contributed by atoms with E-state index >= 15 is 0 Å². The van der Waals surface area contributed by atoms with Gasteiger partial charge < -0.3 is 14.2 Å². The molecule has 1 saturated heterocycles. The van der Waals surface area contributed by atoms with Crippen LogP contribution < -0.4 is 0 Å². The number of ether oxygens (including phenoxy) is 1. The largest absolute Gasteiger partial charge is 0.384 e. The van der Waals surface area contributed by atoms with Crippen molar-refractivity contribution in [1.82, 2.24) is 14.3 Å². The Hall–Kier alpha value is -1.43. The Morgan fingerprint density at radius 3 is 2.95 bits per heavy atom. The molecule has 1 N–H and O–H groups in total. The second kappa shape index (κ2) is 4.92. The molecule has 1 aliphatic rings. The Labute approximate surface area is 112 Å². The summed E-state index contributed by atoms with van der Waals surface area (Å²) < 4.78 is 7.27. The number of hydrogen-bond donors (Lipinski definition) is 1. The monoisotopic (exact) mass is 261 g/mol. The maximum Gasteiger partial charge on any atom is 0.137 e. The van der Waals surface area contributed by atoms with E-state index in [1.807, 2.05) is 35.9 Å². The van der Waals surface area contributed by atoms with Gasteiger partial charge in [-0.05, 0) is 24.6 Å². The molecule has 3 heterocycles. The first-order valence-electron chi connectivity index (χ1n) is 6.61. The SMILES string of the molecule is CC(O)(CN1CCOCC1)c1ccn2ccnc2c1. The van der Waals surface area contributed by atoms with Gasteiger partial charge in [0.05, 0.1) is 18.8 Å². The van der Waals surface area contributed by atoms with Gasteiger partial charge in [0.1, 0.15) is 5.65 Å². The molecule has 2 aromatic heterocycles. The molecule has 0 radical (unpaired) electrons. The van der Waals surface area contributed by atoms with Crippen LogP contribution in [0.15, 0.2) is 30.7 Å². The summed E-state index contributed by atoms with van der Waals surface area (Å²) in [6, 6.07) is 3.90. The summed E-state index contributed by atoms with van der Waals surface area (Å²) in [6.45, 7) is 5.72. The van der Waals surface area contributed by atoms with Crippen molar-refractivity contribution < 1.29 is 9.84 Å². The van der Waals surface area contributed by atoms with Crippen molar-refractivity contribution >= 4 is 5.65 Å². The lowest BCUT2D eigenvalue weighted by molar-refractivity contribution is -0.0253. The Morgan fingerprint density at radius 1 is 1.37 bits per heavy atom. The van der Waals surface area contributed by atoms with Gasteiger partial charge in [-0.2, -0.15) is 0 Å². The lowest BCUT2D eigenvalue weighted by Crippen LogP contribution is -2.44. The maximum atomic E-state index is 10.7. The lowest BCUT2D eigenvalue weighted by atomic mass is 9.96. The van der Waals surface area contributed by atoms with Gasteiger partial charge in [-0.1, -0.05) is 0 Å². The molecule has 5 heteroatoms. The standard InChI is InChI=1S/C14H19N3O2/c1-14(18,11-16-6-8-19-9-7-16)12-2-4-17-5-3-15-13(17)10-12/h2-5,10,18H,6-9,11H2,1H3. The van der Waals surface area contributed by atoms with Crippen molar-refractivity contribution in [3.8, 4) is 0 Å². The Bertz CT molecular complexity index is 559.